The Morgan fingerprint density at radius 3 is 2.43 bits per heavy atom. The van der Waals surface area contributed by atoms with Crippen molar-refractivity contribution in [3.8, 4) is 0 Å². The highest BCUT2D eigenvalue weighted by molar-refractivity contribution is 7.92. The Kier molecular flexibility index (Phi) is 4.42. The molecule has 0 unspecified atom stereocenters. The molecule has 0 spiro atoms. The molecule has 2 rings (SSSR count). The van der Waals surface area contributed by atoms with Gasteiger partial charge in [-0.05, 0) is 24.3 Å². The van der Waals surface area contributed by atoms with E-state index in [1.54, 1.807) is 24.3 Å². The van der Waals surface area contributed by atoms with Crippen LogP contribution in [0.15, 0.2) is 42.5 Å². The molecule has 112 valence electrons. The van der Waals surface area contributed by atoms with Crippen molar-refractivity contribution in [2.45, 2.75) is 6.54 Å². The first-order valence-electron chi connectivity index (χ1n) is 6.10. The van der Waals surface area contributed by atoms with Gasteiger partial charge in [-0.3, -0.25) is 4.72 Å². The largest absolute Gasteiger partial charge is 0.381 e. The maximum atomic E-state index is 13.5. The van der Waals surface area contributed by atoms with Gasteiger partial charge in [0.05, 0.1) is 11.9 Å². The SMILES string of the molecule is CS(=O)(=O)Nc1cccc(NCc2cccc(F)c2F)c1. The Hall–Kier alpha value is -2.15. The molecule has 0 heterocycles. The minimum atomic E-state index is -3.36. The predicted molar refractivity (Wildman–Crippen MR) is 78.6 cm³/mol. The third-order valence-corrected chi connectivity index (χ3v) is 3.29. The van der Waals surface area contributed by atoms with Crippen LogP contribution < -0.4 is 10.0 Å². The lowest BCUT2D eigenvalue weighted by Crippen LogP contribution is -2.10. The predicted octanol–water partition coefficient (Wildman–Crippen LogP) is 2.95. The molecule has 2 aromatic rings. The zero-order chi connectivity index (χ0) is 15.5. The van der Waals surface area contributed by atoms with E-state index >= 15 is 0 Å². The third-order valence-electron chi connectivity index (χ3n) is 2.68. The quantitative estimate of drug-likeness (QED) is 0.892. The number of rotatable bonds is 5. The number of sulfonamides is 1. The first kappa shape index (κ1) is 15.2. The number of nitrogens with one attached hydrogen (secondary N) is 2. The van der Waals surface area contributed by atoms with Gasteiger partial charge in [0.25, 0.3) is 0 Å². The highest BCUT2D eigenvalue weighted by Crippen LogP contribution is 2.18. The van der Waals surface area contributed by atoms with Crippen molar-refractivity contribution in [3.05, 3.63) is 59.7 Å². The highest BCUT2D eigenvalue weighted by atomic mass is 32.2. The van der Waals surface area contributed by atoms with E-state index in [2.05, 4.69) is 10.0 Å². The Bertz CT molecular complexity index is 748. The maximum absolute atomic E-state index is 13.5. The number of benzene rings is 2. The lowest BCUT2D eigenvalue weighted by Gasteiger charge is -2.10. The summed E-state index contributed by atoms with van der Waals surface area (Å²) in [5.41, 5.74) is 1.17. The van der Waals surface area contributed by atoms with Crippen LogP contribution in [0.1, 0.15) is 5.56 Å². The van der Waals surface area contributed by atoms with Crippen LogP contribution >= 0.6 is 0 Å². The molecule has 4 nitrogen and oxygen atoms in total. The number of halogens is 2. The summed E-state index contributed by atoms with van der Waals surface area (Å²) < 4.78 is 51.2. The fourth-order valence-corrected chi connectivity index (χ4v) is 2.34. The number of hydrogen-bond donors (Lipinski definition) is 2. The minimum absolute atomic E-state index is 0.0892. The van der Waals surface area contributed by atoms with Crippen molar-refractivity contribution in [1.82, 2.24) is 0 Å². The average molecular weight is 312 g/mol. The monoisotopic (exact) mass is 312 g/mol. The van der Waals surface area contributed by atoms with Gasteiger partial charge in [0, 0.05) is 17.8 Å². The van der Waals surface area contributed by atoms with Crippen LogP contribution in [0.5, 0.6) is 0 Å². The fourth-order valence-electron chi connectivity index (χ4n) is 1.79. The van der Waals surface area contributed by atoms with Gasteiger partial charge in [-0.15, -0.1) is 0 Å². The second-order valence-corrected chi connectivity index (χ2v) is 6.27. The van der Waals surface area contributed by atoms with Crippen LogP contribution in [0.4, 0.5) is 20.2 Å². The molecule has 0 radical (unpaired) electrons. The van der Waals surface area contributed by atoms with Crippen LogP contribution in [-0.4, -0.2) is 14.7 Å². The summed E-state index contributed by atoms with van der Waals surface area (Å²) >= 11 is 0. The van der Waals surface area contributed by atoms with Crippen LogP contribution in [0.2, 0.25) is 0 Å². The summed E-state index contributed by atoms with van der Waals surface area (Å²) in [4.78, 5) is 0. The van der Waals surface area contributed by atoms with E-state index in [0.717, 1.165) is 12.3 Å². The average Bonchev–Trinajstić information content (AvgIpc) is 2.39. The molecule has 2 N–H and O–H groups in total. The third kappa shape index (κ3) is 4.42. The van der Waals surface area contributed by atoms with Crippen molar-refractivity contribution in [2.75, 3.05) is 16.3 Å². The lowest BCUT2D eigenvalue weighted by molar-refractivity contribution is 0.500. The molecule has 2 aromatic carbocycles. The van der Waals surface area contributed by atoms with Crippen molar-refractivity contribution in [2.24, 2.45) is 0 Å². The molecule has 0 amide bonds. The Balaban J connectivity index is 2.10. The zero-order valence-corrected chi connectivity index (χ0v) is 12.0. The Morgan fingerprint density at radius 2 is 1.71 bits per heavy atom. The molecular formula is C14H14F2N2O2S. The van der Waals surface area contributed by atoms with Crippen molar-refractivity contribution in [3.63, 3.8) is 0 Å². The van der Waals surface area contributed by atoms with Crippen LogP contribution in [0.3, 0.4) is 0 Å². The summed E-state index contributed by atoms with van der Waals surface area (Å²) in [6.07, 6.45) is 1.05. The Labute approximate surface area is 121 Å². The fraction of sp³-hybridized carbons (Fsp3) is 0.143. The zero-order valence-electron chi connectivity index (χ0n) is 11.2. The van der Waals surface area contributed by atoms with E-state index in [1.807, 2.05) is 0 Å². The van der Waals surface area contributed by atoms with E-state index < -0.39 is 21.7 Å². The van der Waals surface area contributed by atoms with Gasteiger partial charge < -0.3 is 5.32 Å². The van der Waals surface area contributed by atoms with E-state index in [4.69, 9.17) is 0 Å². The second-order valence-electron chi connectivity index (χ2n) is 4.52. The van der Waals surface area contributed by atoms with Crippen molar-refractivity contribution >= 4 is 21.4 Å². The Morgan fingerprint density at radius 1 is 1.05 bits per heavy atom. The summed E-state index contributed by atoms with van der Waals surface area (Å²) in [6, 6.07) is 10.5. The topological polar surface area (TPSA) is 58.2 Å². The molecule has 0 saturated carbocycles. The van der Waals surface area contributed by atoms with Crippen LogP contribution in [-0.2, 0) is 16.6 Å². The molecular weight excluding hydrogens is 298 g/mol. The van der Waals surface area contributed by atoms with Crippen LogP contribution in [0, 0.1) is 11.6 Å². The van der Waals surface area contributed by atoms with Crippen molar-refractivity contribution in [1.29, 1.82) is 0 Å². The molecule has 0 aliphatic carbocycles. The molecule has 0 bridgehead atoms. The number of anilines is 2. The summed E-state index contributed by atoms with van der Waals surface area (Å²) in [7, 11) is -3.36. The van der Waals surface area contributed by atoms with Crippen molar-refractivity contribution < 1.29 is 17.2 Å². The number of hydrogen-bond acceptors (Lipinski definition) is 3. The summed E-state index contributed by atoms with van der Waals surface area (Å²) in [6.45, 7) is 0.0892. The highest BCUT2D eigenvalue weighted by Gasteiger charge is 2.07. The van der Waals surface area contributed by atoms with Gasteiger partial charge in [0.15, 0.2) is 11.6 Å². The van der Waals surface area contributed by atoms with Gasteiger partial charge >= 0.3 is 0 Å². The van der Waals surface area contributed by atoms with Gasteiger partial charge in [-0.25, -0.2) is 17.2 Å². The first-order chi connectivity index (χ1) is 9.85. The van der Waals surface area contributed by atoms with Crippen LogP contribution in [0.25, 0.3) is 0 Å². The molecule has 0 atom stereocenters. The van der Waals surface area contributed by atoms with Gasteiger partial charge in [-0.1, -0.05) is 18.2 Å². The second kappa shape index (κ2) is 6.09. The summed E-state index contributed by atoms with van der Waals surface area (Å²) in [5, 5.41) is 2.91. The molecule has 7 heteroatoms. The molecule has 0 fully saturated rings. The molecule has 21 heavy (non-hydrogen) atoms. The van der Waals surface area contributed by atoms with Gasteiger partial charge in [-0.2, -0.15) is 0 Å². The first-order valence-corrected chi connectivity index (χ1v) is 7.99. The molecule has 0 aliphatic heterocycles. The van der Waals surface area contributed by atoms with E-state index in [0.29, 0.717) is 11.4 Å². The maximum Gasteiger partial charge on any atom is 0.229 e. The normalized spacial score (nSPS) is 11.2. The summed E-state index contributed by atoms with van der Waals surface area (Å²) in [5.74, 6) is -1.79. The molecule has 0 aromatic heterocycles. The van der Waals surface area contributed by atoms with Gasteiger partial charge in [0.2, 0.25) is 10.0 Å². The van der Waals surface area contributed by atoms with E-state index in [9.17, 15) is 17.2 Å². The molecule has 0 saturated heterocycles. The smallest absolute Gasteiger partial charge is 0.229 e. The minimum Gasteiger partial charge on any atom is -0.381 e. The van der Waals surface area contributed by atoms with Gasteiger partial charge in [0.1, 0.15) is 0 Å². The molecule has 0 aliphatic rings. The lowest BCUT2D eigenvalue weighted by atomic mass is 10.2. The van der Waals surface area contributed by atoms with E-state index in [1.165, 1.54) is 12.1 Å². The standard InChI is InChI=1S/C14H14F2N2O2S/c1-21(19,20)18-12-6-3-5-11(8-12)17-9-10-4-2-7-13(15)14(10)16/h2-8,17-18H,9H2,1H3. The van der Waals surface area contributed by atoms with E-state index in [-0.39, 0.29) is 12.1 Å².